The number of hydrogen-bond acceptors (Lipinski definition) is 5. The number of esters is 1. The fourth-order valence-corrected chi connectivity index (χ4v) is 3.67. The number of sulfonamides is 1. The van der Waals surface area contributed by atoms with Gasteiger partial charge in [-0.1, -0.05) is 17.7 Å². The molecule has 0 bridgehead atoms. The second-order valence-electron chi connectivity index (χ2n) is 5.60. The minimum Gasteiger partial charge on any atom is -0.496 e. The van der Waals surface area contributed by atoms with Crippen LogP contribution in [0.15, 0.2) is 47.4 Å². The Balaban J connectivity index is 2.26. The second-order valence-corrected chi connectivity index (χ2v) is 7.32. The molecule has 25 heavy (non-hydrogen) atoms. The molecule has 2 aromatic carbocycles. The number of benzene rings is 2. The van der Waals surface area contributed by atoms with Crippen LogP contribution in [-0.4, -0.2) is 28.6 Å². The lowest BCUT2D eigenvalue weighted by molar-refractivity contribution is 0.0600. The van der Waals surface area contributed by atoms with Gasteiger partial charge in [0.05, 0.1) is 24.7 Å². The zero-order chi connectivity index (χ0) is 18.6. The molecule has 0 aliphatic carbocycles. The van der Waals surface area contributed by atoms with Crippen LogP contribution in [-0.2, 0) is 14.8 Å². The Bertz CT molecular complexity index is 860. The smallest absolute Gasteiger partial charge is 0.337 e. The van der Waals surface area contributed by atoms with E-state index in [1.54, 1.807) is 20.1 Å². The predicted molar refractivity (Wildman–Crippen MR) is 94.2 cm³/mol. The number of rotatable bonds is 6. The van der Waals surface area contributed by atoms with E-state index in [0.29, 0.717) is 5.75 Å². The van der Waals surface area contributed by atoms with Crippen molar-refractivity contribution >= 4 is 16.0 Å². The van der Waals surface area contributed by atoms with Gasteiger partial charge in [-0.15, -0.1) is 0 Å². The molecule has 2 aromatic rings. The number of carbonyl (C=O) groups is 1. The molecule has 7 heteroatoms. The topological polar surface area (TPSA) is 81.7 Å². The average Bonchev–Trinajstić information content (AvgIpc) is 2.60. The summed E-state index contributed by atoms with van der Waals surface area (Å²) in [5.41, 5.74) is 2.04. The molecular formula is C18H21NO5S. The second kappa shape index (κ2) is 7.67. The quantitative estimate of drug-likeness (QED) is 0.798. The van der Waals surface area contributed by atoms with E-state index in [1.807, 2.05) is 19.1 Å². The van der Waals surface area contributed by atoms with E-state index in [2.05, 4.69) is 9.46 Å². The number of carbonyl (C=O) groups excluding carboxylic acids is 1. The average molecular weight is 363 g/mol. The standard InChI is InChI=1S/C18H21NO5S/c1-12-5-10-17(23-3)16(11-12)13(2)19-25(21,22)15-8-6-14(7-9-15)18(20)24-4/h5-11,13,19H,1-4H3/t13-/m1/s1. The van der Waals surface area contributed by atoms with Gasteiger partial charge in [0, 0.05) is 11.6 Å². The summed E-state index contributed by atoms with van der Waals surface area (Å²) < 4.78 is 37.7. The highest BCUT2D eigenvalue weighted by Crippen LogP contribution is 2.27. The van der Waals surface area contributed by atoms with Gasteiger partial charge in [0.1, 0.15) is 5.75 Å². The van der Waals surface area contributed by atoms with Crippen molar-refractivity contribution in [2.24, 2.45) is 0 Å². The molecule has 0 fully saturated rings. The van der Waals surface area contributed by atoms with Crippen molar-refractivity contribution in [1.29, 1.82) is 0 Å². The summed E-state index contributed by atoms with van der Waals surface area (Å²) in [7, 11) is -0.940. The lowest BCUT2D eigenvalue weighted by atomic mass is 10.1. The van der Waals surface area contributed by atoms with E-state index in [0.717, 1.165) is 11.1 Å². The molecule has 6 nitrogen and oxygen atoms in total. The zero-order valence-corrected chi connectivity index (χ0v) is 15.4. The van der Waals surface area contributed by atoms with Crippen molar-refractivity contribution in [2.75, 3.05) is 14.2 Å². The molecule has 134 valence electrons. The van der Waals surface area contributed by atoms with Gasteiger partial charge in [-0.2, -0.15) is 0 Å². The number of nitrogens with one attached hydrogen (secondary N) is 1. The fraction of sp³-hybridized carbons (Fsp3) is 0.278. The van der Waals surface area contributed by atoms with Gasteiger partial charge >= 0.3 is 5.97 Å². The first-order chi connectivity index (χ1) is 11.8. The van der Waals surface area contributed by atoms with Crippen molar-refractivity contribution in [2.45, 2.75) is 24.8 Å². The predicted octanol–water partition coefficient (Wildman–Crippen LogP) is 2.83. The van der Waals surface area contributed by atoms with E-state index in [1.165, 1.54) is 31.4 Å². The lowest BCUT2D eigenvalue weighted by Crippen LogP contribution is -2.27. The summed E-state index contributed by atoms with van der Waals surface area (Å²) in [5, 5.41) is 0. The van der Waals surface area contributed by atoms with Crippen LogP contribution in [0.2, 0.25) is 0 Å². The Morgan fingerprint density at radius 2 is 1.72 bits per heavy atom. The summed E-state index contributed by atoms with van der Waals surface area (Å²) >= 11 is 0. The van der Waals surface area contributed by atoms with Gasteiger partial charge in [0.25, 0.3) is 0 Å². The molecule has 1 atom stereocenters. The van der Waals surface area contributed by atoms with Crippen molar-refractivity contribution < 1.29 is 22.7 Å². The SMILES string of the molecule is COC(=O)c1ccc(S(=O)(=O)N[C@H](C)c2cc(C)ccc2OC)cc1. The molecular weight excluding hydrogens is 342 g/mol. The normalized spacial score (nSPS) is 12.5. The number of methoxy groups -OCH3 is 2. The van der Waals surface area contributed by atoms with E-state index < -0.39 is 22.0 Å². The van der Waals surface area contributed by atoms with E-state index in [9.17, 15) is 13.2 Å². The van der Waals surface area contributed by atoms with Crippen LogP contribution in [0, 0.1) is 6.92 Å². The highest BCUT2D eigenvalue weighted by molar-refractivity contribution is 7.89. The number of ether oxygens (including phenoxy) is 2. The molecule has 0 aliphatic heterocycles. The Morgan fingerprint density at radius 1 is 1.08 bits per heavy atom. The van der Waals surface area contributed by atoms with Crippen LogP contribution in [0.1, 0.15) is 34.5 Å². The first kappa shape index (κ1) is 19.0. The number of hydrogen-bond donors (Lipinski definition) is 1. The molecule has 2 rings (SSSR count). The maximum atomic E-state index is 12.6. The number of aryl methyl sites for hydroxylation is 1. The zero-order valence-electron chi connectivity index (χ0n) is 14.6. The van der Waals surface area contributed by atoms with Crippen molar-refractivity contribution in [3.05, 3.63) is 59.2 Å². The van der Waals surface area contributed by atoms with Crippen LogP contribution in [0.25, 0.3) is 0 Å². The van der Waals surface area contributed by atoms with Crippen LogP contribution in [0.4, 0.5) is 0 Å². The third-order valence-corrected chi connectivity index (χ3v) is 5.33. The third-order valence-electron chi connectivity index (χ3n) is 3.77. The molecule has 0 radical (unpaired) electrons. The molecule has 0 spiro atoms. The summed E-state index contributed by atoms with van der Waals surface area (Å²) in [6.45, 7) is 3.67. The van der Waals surface area contributed by atoms with Gasteiger partial charge in [-0.25, -0.2) is 17.9 Å². The molecule has 0 heterocycles. The summed E-state index contributed by atoms with van der Waals surface area (Å²) in [6.07, 6.45) is 0. The first-order valence-electron chi connectivity index (χ1n) is 7.63. The van der Waals surface area contributed by atoms with E-state index >= 15 is 0 Å². The van der Waals surface area contributed by atoms with Gasteiger partial charge in [0.15, 0.2) is 0 Å². The molecule has 1 N–H and O–H groups in total. The Labute approximate surface area is 147 Å². The molecule has 0 unspecified atom stereocenters. The van der Waals surface area contributed by atoms with E-state index in [4.69, 9.17) is 4.74 Å². The largest absolute Gasteiger partial charge is 0.496 e. The Hall–Kier alpha value is -2.38. The molecule has 0 saturated carbocycles. The highest BCUT2D eigenvalue weighted by Gasteiger charge is 2.21. The first-order valence-corrected chi connectivity index (χ1v) is 9.12. The minimum atomic E-state index is -3.75. The fourth-order valence-electron chi connectivity index (χ4n) is 2.44. The van der Waals surface area contributed by atoms with Crippen LogP contribution in [0.5, 0.6) is 5.75 Å². The summed E-state index contributed by atoms with van der Waals surface area (Å²) in [5.74, 6) is 0.0941. The van der Waals surface area contributed by atoms with Crippen molar-refractivity contribution in [3.63, 3.8) is 0 Å². The Morgan fingerprint density at radius 3 is 2.28 bits per heavy atom. The van der Waals surface area contributed by atoms with Crippen LogP contribution < -0.4 is 9.46 Å². The Kier molecular flexibility index (Phi) is 5.81. The third kappa shape index (κ3) is 4.37. The molecule has 0 saturated heterocycles. The summed E-state index contributed by atoms with van der Waals surface area (Å²) in [6, 6.07) is 10.7. The monoisotopic (exact) mass is 363 g/mol. The van der Waals surface area contributed by atoms with Gasteiger partial charge in [-0.05, 0) is 44.2 Å². The summed E-state index contributed by atoms with van der Waals surface area (Å²) in [4.78, 5) is 11.5. The van der Waals surface area contributed by atoms with E-state index in [-0.39, 0.29) is 10.5 Å². The van der Waals surface area contributed by atoms with Crippen molar-refractivity contribution in [1.82, 2.24) is 4.72 Å². The van der Waals surface area contributed by atoms with Crippen molar-refractivity contribution in [3.8, 4) is 5.75 Å². The van der Waals surface area contributed by atoms with Gasteiger partial charge < -0.3 is 9.47 Å². The van der Waals surface area contributed by atoms with Crippen LogP contribution >= 0.6 is 0 Å². The van der Waals surface area contributed by atoms with Gasteiger partial charge in [0.2, 0.25) is 10.0 Å². The maximum absolute atomic E-state index is 12.6. The minimum absolute atomic E-state index is 0.0682. The van der Waals surface area contributed by atoms with Gasteiger partial charge in [-0.3, -0.25) is 0 Å². The molecule has 0 aliphatic rings. The highest BCUT2D eigenvalue weighted by atomic mass is 32.2. The lowest BCUT2D eigenvalue weighted by Gasteiger charge is -2.18. The molecule has 0 aromatic heterocycles. The molecule has 0 amide bonds. The van der Waals surface area contributed by atoms with Crippen LogP contribution in [0.3, 0.4) is 0 Å². The maximum Gasteiger partial charge on any atom is 0.337 e.